The van der Waals surface area contributed by atoms with Crippen molar-refractivity contribution in [1.82, 2.24) is 4.90 Å². The number of hydrogen-bond acceptors (Lipinski definition) is 6. The highest BCUT2D eigenvalue weighted by atomic mass is 19.4. The van der Waals surface area contributed by atoms with Crippen LogP contribution in [0.4, 0.5) is 13.2 Å². The van der Waals surface area contributed by atoms with Crippen LogP contribution in [0.1, 0.15) is 12.5 Å². The maximum atomic E-state index is 12.6. The number of benzene rings is 1. The number of hydrogen-bond donors (Lipinski definition) is 2. The molecule has 0 amide bonds. The summed E-state index contributed by atoms with van der Waals surface area (Å²) in [6, 6.07) is 3.57. The minimum atomic E-state index is -4.91. The molecular weight excluding hydrogens is 365 g/mol. The van der Waals surface area contributed by atoms with Crippen molar-refractivity contribution in [2.24, 2.45) is 4.99 Å². The van der Waals surface area contributed by atoms with E-state index in [-0.39, 0.29) is 24.0 Å². The number of rotatable bonds is 6. The van der Waals surface area contributed by atoms with Crippen LogP contribution in [0, 0.1) is 0 Å². The van der Waals surface area contributed by atoms with Crippen molar-refractivity contribution < 1.29 is 32.9 Å². The largest absolute Gasteiger partial charge is 0.573 e. The number of aliphatic imine (C=N–C) groups is 1. The summed E-state index contributed by atoms with van der Waals surface area (Å²) in [5, 5.41) is 19.2. The molecule has 0 saturated carbocycles. The lowest BCUT2D eigenvalue weighted by molar-refractivity contribution is -0.274. The van der Waals surface area contributed by atoms with Crippen LogP contribution in [-0.2, 0) is 4.74 Å². The van der Waals surface area contributed by atoms with Crippen LogP contribution < -0.4 is 4.74 Å². The molecule has 1 saturated heterocycles. The lowest BCUT2D eigenvalue weighted by Gasteiger charge is -2.34. The van der Waals surface area contributed by atoms with Crippen LogP contribution in [0.25, 0.3) is 5.70 Å². The molecule has 0 radical (unpaired) electrons. The normalized spacial score (nSPS) is 19.1. The highest BCUT2D eigenvalue weighted by Crippen LogP contribution is 2.37. The Morgan fingerprint density at radius 1 is 1.44 bits per heavy atom. The van der Waals surface area contributed by atoms with Crippen LogP contribution >= 0.6 is 0 Å². The van der Waals surface area contributed by atoms with Gasteiger partial charge in [-0.25, -0.2) is 0 Å². The summed E-state index contributed by atoms with van der Waals surface area (Å²) < 4.78 is 47.2. The molecule has 1 aliphatic heterocycles. The van der Waals surface area contributed by atoms with Gasteiger partial charge in [0.2, 0.25) is 0 Å². The molecule has 1 heterocycles. The van der Waals surface area contributed by atoms with Crippen molar-refractivity contribution in [2.45, 2.75) is 19.4 Å². The topological polar surface area (TPSA) is 74.5 Å². The van der Waals surface area contributed by atoms with E-state index in [1.165, 1.54) is 18.2 Å². The van der Waals surface area contributed by atoms with Crippen LogP contribution in [0.15, 0.2) is 41.0 Å². The van der Waals surface area contributed by atoms with E-state index >= 15 is 0 Å². The fourth-order valence-electron chi connectivity index (χ4n) is 2.66. The Labute approximate surface area is 154 Å². The van der Waals surface area contributed by atoms with Crippen LogP contribution in [0.2, 0.25) is 0 Å². The van der Waals surface area contributed by atoms with Gasteiger partial charge in [0.15, 0.2) is 0 Å². The third kappa shape index (κ3) is 5.73. The Hall–Kier alpha value is -2.52. The number of halogens is 3. The Bertz CT molecular complexity index is 732. The van der Waals surface area contributed by atoms with Crippen molar-refractivity contribution in [3.63, 3.8) is 0 Å². The number of aliphatic hydroxyl groups is 1. The molecule has 1 atom stereocenters. The summed E-state index contributed by atoms with van der Waals surface area (Å²) in [5.74, 6) is -0.980. The van der Waals surface area contributed by atoms with Gasteiger partial charge in [-0.05, 0) is 37.9 Å². The van der Waals surface area contributed by atoms with Gasteiger partial charge in [-0.3, -0.25) is 4.99 Å². The van der Waals surface area contributed by atoms with Gasteiger partial charge in [0, 0.05) is 18.8 Å². The van der Waals surface area contributed by atoms with Crippen molar-refractivity contribution in [3.8, 4) is 11.5 Å². The quantitative estimate of drug-likeness (QED) is 0.581. The Morgan fingerprint density at radius 3 is 2.81 bits per heavy atom. The molecule has 1 fully saturated rings. The van der Waals surface area contributed by atoms with Gasteiger partial charge in [0.05, 0.1) is 30.6 Å². The number of morpholine rings is 1. The van der Waals surface area contributed by atoms with E-state index in [9.17, 15) is 23.4 Å². The van der Waals surface area contributed by atoms with Gasteiger partial charge in [-0.2, -0.15) is 0 Å². The predicted octanol–water partition coefficient (Wildman–Crippen LogP) is 2.93. The smallest absolute Gasteiger partial charge is 0.507 e. The lowest BCUT2D eigenvalue weighted by atomic mass is 10.1. The van der Waals surface area contributed by atoms with Gasteiger partial charge in [0.1, 0.15) is 11.5 Å². The number of phenolic OH excluding ortho intramolecular Hbond substituents is 1. The van der Waals surface area contributed by atoms with Gasteiger partial charge in [-0.15, -0.1) is 13.2 Å². The zero-order valence-electron chi connectivity index (χ0n) is 14.7. The number of ether oxygens (including phenoxy) is 2. The van der Waals surface area contributed by atoms with Gasteiger partial charge >= 0.3 is 6.36 Å². The van der Waals surface area contributed by atoms with Crippen molar-refractivity contribution >= 4 is 12.4 Å². The number of aromatic hydroxyl groups is 1. The predicted molar refractivity (Wildman–Crippen MR) is 94.5 cm³/mol. The van der Waals surface area contributed by atoms with Crippen LogP contribution in [0.3, 0.4) is 0 Å². The molecule has 2 N–H and O–H groups in total. The minimum Gasteiger partial charge on any atom is -0.507 e. The average Bonchev–Trinajstić information content (AvgIpc) is 2.62. The molecule has 2 rings (SSSR count). The summed E-state index contributed by atoms with van der Waals surface area (Å²) >= 11 is 0. The highest BCUT2D eigenvalue weighted by Gasteiger charge is 2.33. The Kier molecular flexibility index (Phi) is 6.86. The highest BCUT2D eigenvalue weighted by molar-refractivity contribution is 5.77. The van der Waals surface area contributed by atoms with Gasteiger partial charge in [0.25, 0.3) is 0 Å². The van der Waals surface area contributed by atoms with Crippen LogP contribution in [-0.4, -0.2) is 60.6 Å². The molecule has 148 valence electrons. The standard InChI is InChI=1S/C18H21F3N2O4/c1-12(23-8-9-26-13(10-23)11-24)6-7-14(22-2)17-15(25)4-3-5-16(17)27-18(19,20)21/h3-7,13,24-25H,2,8-11H2,1H3/b12-6+,14-7-. The number of alkyl halides is 3. The number of allylic oxidation sites excluding steroid dienone is 3. The van der Waals surface area contributed by atoms with Crippen molar-refractivity contribution in [2.75, 3.05) is 26.3 Å². The van der Waals surface area contributed by atoms with Crippen LogP contribution in [0.5, 0.6) is 11.5 Å². The molecule has 6 nitrogen and oxygen atoms in total. The SMILES string of the molecule is C=N/C(=C\C=C(/C)N1CCOC(CO)C1)c1c(O)cccc1OC(F)(F)F. The molecule has 0 spiro atoms. The fourth-order valence-corrected chi connectivity index (χ4v) is 2.66. The maximum Gasteiger partial charge on any atom is 0.573 e. The van der Waals surface area contributed by atoms with Gasteiger partial charge in [-0.1, -0.05) is 6.07 Å². The van der Waals surface area contributed by atoms with E-state index < -0.39 is 17.9 Å². The molecule has 9 heteroatoms. The monoisotopic (exact) mass is 386 g/mol. The first-order valence-corrected chi connectivity index (χ1v) is 8.16. The van der Waals surface area contributed by atoms with Gasteiger partial charge < -0.3 is 24.6 Å². The molecule has 1 aromatic rings. The van der Waals surface area contributed by atoms with E-state index in [2.05, 4.69) is 16.4 Å². The molecule has 1 aliphatic rings. The Balaban J connectivity index is 2.32. The molecule has 1 aromatic carbocycles. The van der Waals surface area contributed by atoms with Crippen molar-refractivity contribution in [1.29, 1.82) is 0 Å². The van der Waals surface area contributed by atoms with E-state index in [0.717, 1.165) is 11.8 Å². The zero-order valence-corrected chi connectivity index (χ0v) is 14.7. The first-order valence-electron chi connectivity index (χ1n) is 8.16. The summed E-state index contributed by atoms with van der Waals surface area (Å²) in [7, 11) is 0. The van der Waals surface area contributed by atoms with E-state index in [4.69, 9.17) is 4.74 Å². The lowest BCUT2D eigenvalue weighted by Crippen LogP contribution is -2.42. The summed E-state index contributed by atoms with van der Waals surface area (Å²) in [5.41, 5.74) is 0.620. The fraction of sp³-hybridized carbons (Fsp3) is 0.389. The summed E-state index contributed by atoms with van der Waals surface area (Å²) in [6.45, 7) is 6.64. The summed E-state index contributed by atoms with van der Waals surface area (Å²) in [6.07, 6.45) is -2.11. The zero-order chi connectivity index (χ0) is 20.0. The molecule has 27 heavy (non-hydrogen) atoms. The molecule has 0 aliphatic carbocycles. The number of nitrogens with zero attached hydrogens (tertiary/aromatic N) is 2. The second-order valence-electron chi connectivity index (χ2n) is 5.84. The number of aliphatic hydroxyl groups excluding tert-OH is 1. The maximum absolute atomic E-state index is 12.6. The average molecular weight is 386 g/mol. The second-order valence-corrected chi connectivity index (χ2v) is 5.84. The first kappa shape index (κ1) is 20.8. The summed E-state index contributed by atoms with van der Waals surface area (Å²) in [4.78, 5) is 5.71. The number of phenols is 1. The van der Waals surface area contributed by atoms with E-state index in [0.29, 0.717) is 19.7 Å². The first-order chi connectivity index (χ1) is 12.7. The van der Waals surface area contributed by atoms with Crippen molar-refractivity contribution in [3.05, 3.63) is 41.6 Å². The third-order valence-corrected chi connectivity index (χ3v) is 3.98. The second kappa shape index (κ2) is 8.92. The third-order valence-electron chi connectivity index (χ3n) is 3.98. The van der Waals surface area contributed by atoms with E-state index in [1.807, 2.05) is 11.8 Å². The molecule has 0 bridgehead atoms. The molecular formula is C18H21F3N2O4. The van der Waals surface area contributed by atoms with E-state index in [1.54, 1.807) is 6.08 Å². The Morgan fingerprint density at radius 2 is 2.19 bits per heavy atom. The minimum absolute atomic E-state index is 0.0265. The molecule has 0 aromatic heterocycles. The molecule has 1 unspecified atom stereocenters.